The van der Waals surface area contributed by atoms with Crippen molar-refractivity contribution in [1.82, 2.24) is 15.1 Å². The molecule has 1 aromatic heterocycles. The van der Waals surface area contributed by atoms with E-state index in [0.717, 1.165) is 0 Å². The summed E-state index contributed by atoms with van der Waals surface area (Å²) in [6.07, 6.45) is 0.265. The van der Waals surface area contributed by atoms with Gasteiger partial charge in [0, 0.05) is 31.6 Å². The van der Waals surface area contributed by atoms with Gasteiger partial charge in [-0.2, -0.15) is 5.10 Å². The van der Waals surface area contributed by atoms with Gasteiger partial charge in [-0.1, -0.05) is 18.2 Å². The third-order valence-corrected chi connectivity index (χ3v) is 3.32. The number of nitrogens with zero attached hydrogens (tertiary/aromatic N) is 2. The predicted octanol–water partition coefficient (Wildman–Crippen LogP) is 1.91. The monoisotopic (exact) mass is 275 g/mol. The van der Waals surface area contributed by atoms with Crippen molar-refractivity contribution in [3.8, 4) is 5.88 Å². The number of rotatable bonds is 2. The summed E-state index contributed by atoms with van der Waals surface area (Å²) < 4.78 is 21.2. The average Bonchev–Trinajstić information content (AvgIpc) is 2.90. The van der Waals surface area contributed by atoms with Crippen molar-refractivity contribution in [2.45, 2.75) is 19.1 Å². The number of hydrogen-bond acceptors (Lipinski definition) is 3. The van der Waals surface area contributed by atoms with Crippen molar-refractivity contribution >= 4 is 5.91 Å². The molecule has 1 aliphatic heterocycles. The normalized spacial score (nSPS) is 17.2. The summed E-state index contributed by atoms with van der Waals surface area (Å²) in [4.78, 5) is 11.5. The van der Waals surface area contributed by atoms with E-state index < -0.39 is 0 Å². The molecule has 104 valence electrons. The summed E-state index contributed by atoms with van der Waals surface area (Å²) >= 11 is 0. The standard InChI is InChI=1S/C14H14FN3O2/c1-16-14(19)11-8-13-18(17-11)7-6-12(20-13)9-4-2-3-5-10(9)15/h2-5,8,12H,6-7H2,1H3,(H,16,19). The molecular formula is C14H14FN3O2. The molecule has 1 aromatic carbocycles. The number of amides is 1. The highest BCUT2D eigenvalue weighted by Gasteiger charge is 2.26. The number of aryl methyl sites for hydroxylation is 1. The van der Waals surface area contributed by atoms with Gasteiger partial charge in [0.1, 0.15) is 11.9 Å². The number of halogens is 1. The lowest BCUT2D eigenvalue weighted by molar-refractivity contribution is 0.0957. The number of ether oxygens (including phenoxy) is 1. The second-order valence-corrected chi connectivity index (χ2v) is 4.59. The summed E-state index contributed by atoms with van der Waals surface area (Å²) in [7, 11) is 1.55. The van der Waals surface area contributed by atoms with Crippen LogP contribution in [0, 0.1) is 5.82 Å². The van der Waals surface area contributed by atoms with Crippen LogP contribution in [0.4, 0.5) is 4.39 Å². The number of carbonyl (C=O) groups is 1. The molecule has 0 fully saturated rings. The molecule has 1 N–H and O–H groups in total. The van der Waals surface area contributed by atoms with Crippen LogP contribution in [0.25, 0.3) is 0 Å². The number of nitrogens with one attached hydrogen (secondary N) is 1. The summed E-state index contributed by atoms with van der Waals surface area (Å²) in [6.45, 7) is 0.589. The highest BCUT2D eigenvalue weighted by atomic mass is 19.1. The number of benzene rings is 1. The summed E-state index contributed by atoms with van der Waals surface area (Å²) in [5.41, 5.74) is 0.832. The first-order valence-corrected chi connectivity index (χ1v) is 6.40. The van der Waals surface area contributed by atoms with Gasteiger partial charge >= 0.3 is 0 Å². The van der Waals surface area contributed by atoms with Gasteiger partial charge < -0.3 is 10.1 Å². The third-order valence-electron chi connectivity index (χ3n) is 3.32. The maximum Gasteiger partial charge on any atom is 0.271 e. The Balaban J connectivity index is 1.87. The number of aromatic nitrogens is 2. The molecule has 1 amide bonds. The molecule has 0 radical (unpaired) electrons. The van der Waals surface area contributed by atoms with Crippen LogP contribution in [0.1, 0.15) is 28.6 Å². The molecule has 2 heterocycles. The molecule has 6 heteroatoms. The molecule has 0 saturated carbocycles. The van der Waals surface area contributed by atoms with Crippen LogP contribution in [-0.2, 0) is 6.54 Å². The molecule has 1 atom stereocenters. The minimum Gasteiger partial charge on any atom is -0.469 e. The lowest BCUT2D eigenvalue weighted by Gasteiger charge is -2.25. The average molecular weight is 275 g/mol. The topological polar surface area (TPSA) is 56.2 Å². The third kappa shape index (κ3) is 2.13. The van der Waals surface area contributed by atoms with Crippen molar-refractivity contribution in [1.29, 1.82) is 0 Å². The van der Waals surface area contributed by atoms with Crippen LogP contribution >= 0.6 is 0 Å². The van der Waals surface area contributed by atoms with E-state index in [1.165, 1.54) is 6.07 Å². The van der Waals surface area contributed by atoms with E-state index in [1.807, 2.05) is 0 Å². The van der Waals surface area contributed by atoms with Gasteiger partial charge in [0.15, 0.2) is 5.69 Å². The van der Waals surface area contributed by atoms with Crippen LogP contribution in [0.5, 0.6) is 5.88 Å². The lowest BCUT2D eigenvalue weighted by Crippen LogP contribution is -2.21. The van der Waals surface area contributed by atoms with Gasteiger partial charge in [-0.3, -0.25) is 4.79 Å². The Morgan fingerprint density at radius 3 is 3.05 bits per heavy atom. The first-order valence-electron chi connectivity index (χ1n) is 6.40. The van der Waals surface area contributed by atoms with E-state index in [9.17, 15) is 9.18 Å². The molecular weight excluding hydrogens is 261 g/mol. The molecule has 3 rings (SSSR count). The predicted molar refractivity (Wildman–Crippen MR) is 70.0 cm³/mol. The molecule has 1 aliphatic rings. The van der Waals surface area contributed by atoms with Gasteiger partial charge in [0.2, 0.25) is 5.88 Å². The fourth-order valence-electron chi connectivity index (χ4n) is 2.29. The van der Waals surface area contributed by atoms with Gasteiger partial charge in [-0.15, -0.1) is 0 Å². The molecule has 0 spiro atoms. The van der Waals surface area contributed by atoms with E-state index in [0.29, 0.717) is 30.1 Å². The number of carbonyl (C=O) groups excluding carboxylic acids is 1. The summed E-state index contributed by atoms with van der Waals surface area (Å²) in [6, 6.07) is 8.14. The highest BCUT2D eigenvalue weighted by Crippen LogP contribution is 2.32. The van der Waals surface area contributed by atoms with E-state index in [-0.39, 0.29) is 17.8 Å². The Bertz CT molecular complexity index is 654. The molecule has 20 heavy (non-hydrogen) atoms. The van der Waals surface area contributed by atoms with Gasteiger partial charge in [0.05, 0.1) is 0 Å². The highest BCUT2D eigenvalue weighted by molar-refractivity contribution is 5.92. The van der Waals surface area contributed by atoms with Crippen molar-refractivity contribution < 1.29 is 13.9 Å². The van der Waals surface area contributed by atoms with Gasteiger partial charge in [-0.05, 0) is 6.07 Å². The lowest BCUT2D eigenvalue weighted by atomic mass is 10.1. The van der Waals surface area contributed by atoms with Crippen LogP contribution in [0.3, 0.4) is 0 Å². The molecule has 1 unspecified atom stereocenters. The van der Waals surface area contributed by atoms with E-state index in [1.54, 1.807) is 36.0 Å². The second-order valence-electron chi connectivity index (χ2n) is 4.59. The zero-order valence-corrected chi connectivity index (χ0v) is 11.0. The molecule has 0 aliphatic carbocycles. The van der Waals surface area contributed by atoms with E-state index >= 15 is 0 Å². The smallest absolute Gasteiger partial charge is 0.271 e. The SMILES string of the molecule is CNC(=O)c1cc2n(n1)CCC(c1ccccc1F)O2. The maximum absolute atomic E-state index is 13.8. The van der Waals surface area contributed by atoms with Crippen LogP contribution in [-0.4, -0.2) is 22.7 Å². The first kappa shape index (κ1) is 12.7. The molecule has 5 nitrogen and oxygen atoms in total. The summed E-state index contributed by atoms with van der Waals surface area (Å²) in [5.74, 6) is -0.0574. The van der Waals surface area contributed by atoms with Crippen molar-refractivity contribution in [3.63, 3.8) is 0 Å². The number of fused-ring (bicyclic) bond motifs is 1. The Morgan fingerprint density at radius 1 is 1.50 bits per heavy atom. The Morgan fingerprint density at radius 2 is 2.30 bits per heavy atom. The second kappa shape index (κ2) is 4.96. The zero-order valence-electron chi connectivity index (χ0n) is 11.0. The maximum atomic E-state index is 13.8. The van der Waals surface area contributed by atoms with Crippen molar-refractivity contribution in [2.75, 3.05) is 7.05 Å². The quantitative estimate of drug-likeness (QED) is 0.910. The van der Waals surface area contributed by atoms with E-state index in [2.05, 4.69) is 10.4 Å². The van der Waals surface area contributed by atoms with Crippen molar-refractivity contribution in [3.05, 3.63) is 47.4 Å². The Hall–Kier alpha value is -2.37. The fourth-order valence-corrected chi connectivity index (χ4v) is 2.29. The minimum absolute atomic E-state index is 0.266. The van der Waals surface area contributed by atoms with E-state index in [4.69, 9.17) is 4.74 Å². The summed E-state index contributed by atoms with van der Waals surface area (Å²) in [5, 5.41) is 6.67. The van der Waals surface area contributed by atoms with Crippen LogP contribution in [0.15, 0.2) is 30.3 Å². The fraction of sp³-hybridized carbons (Fsp3) is 0.286. The van der Waals surface area contributed by atoms with Gasteiger partial charge in [-0.25, -0.2) is 9.07 Å². The minimum atomic E-state index is -0.349. The largest absolute Gasteiger partial charge is 0.469 e. The Labute approximate surface area is 115 Å². The van der Waals surface area contributed by atoms with Crippen LogP contribution in [0.2, 0.25) is 0 Å². The number of hydrogen-bond donors (Lipinski definition) is 1. The molecule has 0 saturated heterocycles. The first-order chi connectivity index (χ1) is 9.69. The van der Waals surface area contributed by atoms with Crippen LogP contribution < -0.4 is 10.1 Å². The Kier molecular flexibility index (Phi) is 3.14. The molecule has 2 aromatic rings. The van der Waals surface area contributed by atoms with Crippen molar-refractivity contribution in [2.24, 2.45) is 0 Å². The molecule has 0 bridgehead atoms. The van der Waals surface area contributed by atoms with Gasteiger partial charge in [0.25, 0.3) is 5.91 Å². The zero-order chi connectivity index (χ0) is 14.1.